The molecule has 33 heavy (non-hydrogen) atoms. The molecule has 2 nitrogen and oxygen atoms in total. The van der Waals surface area contributed by atoms with Gasteiger partial charge in [0.25, 0.3) is 0 Å². The minimum absolute atomic E-state index is 0.610. The minimum atomic E-state index is -3.30. The van der Waals surface area contributed by atoms with Gasteiger partial charge in [0, 0.05) is 5.30 Å². The molecule has 166 valence electrons. The molecule has 1 fully saturated rings. The van der Waals surface area contributed by atoms with E-state index in [4.69, 9.17) is 0 Å². The van der Waals surface area contributed by atoms with Crippen molar-refractivity contribution in [1.29, 1.82) is 0 Å². The third-order valence-electron chi connectivity index (χ3n) is 7.61. The average molecular weight is 453 g/mol. The molecule has 1 saturated heterocycles. The first-order valence-electron chi connectivity index (χ1n) is 11.5. The number of hydrogen-bond acceptors (Lipinski definition) is 2. The minimum Gasteiger partial charge on any atom is -0.387 e. The van der Waals surface area contributed by atoms with Crippen molar-refractivity contribution < 1.29 is 9.67 Å². The Morgan fingerprint density at radius 2 is 1.12 bits per heavy atom. The molecular weight excluding hydrogens is 423 g/mol. The van der Waals surface area contributed by atoms with Crippen molar-refractivity contribution in [3.63, 3.8) is 0 Å². The van der Waals surface area contributed by atoms with Crippen molar-refractivity contribution in [3.05, 3.63) is 138 Å². The van der Waals surface area contributed by atoms with Crippen LogP contribution in [-0.4, -0.2) is 5.11 Å². The molecule has 0 bridgehead atoms. The fourth-order valence-corrected chi connectivity index (χ4v) is 10.8. The largest absolute Gasteiger partial charge is 0.387 e. The second-order valence-electron chi connectivity index (χ2n) is 9.19. The third kappa shape index (κ3) is 3.16. The summed E-state index contributed by atoms with van der Waals surface area (Å²) in [4.78, 5) is 0. The Hall–Kier alpha value is -2.93. The van der Waals surface area contributed by atoms with Gasteiger partial charge in [-0.2, -0.15) is 0 Å². The van der Waals surface area contributed by atoms with Crippen LogP contribution in [0.4, 0.5) is 0 Å². The van der Waals surface area contributed by atoms with E-state index in [0.29, 0.717) is 6.42 Å². The zero-order valence-corrected chi connectivity index (χ0v) is 19.7. The summed E-state index contributed by atoms with van der Waals surface area (Å²) in [6, 6.07) is 39.8. The van der Waals surface area contributed by atoms with Gasteiger partial charge in [0.05, 0.1) is 16.4 Å². The van der Waals surface area contributed by atoms with E-state index in [1.165, 1.54) is 0 Å². The van der Waals surface area contributed by atoms with Gasteiger partial charge in [0.2, 0.25) is 0 Å². The van der Waals surface area contributed by atoms with Gasteiger partial charge in [-0.05, 0) is 36.5 Å². The molecule has 4 aromatic carbocycles. The molecule has 5 rings (SSSR count). The summed E-state index contributed by atoms with van der Waals surface area (Å²) in [5.41, 5.74) is 2.80. The van der Waals surface area contributed by atoms with Gasteiger partial charge >= 0.3 is 0 Å². The molecule has 0 amide bonds. The van der Waals surface area contributed by atoms with E-state index in [-0.39, 0.29) is 0 Å². The van der Waals surface area contributed by atoms with Crippen molar-refractivity contribution in [2.45, 2.75) is 36.2 Å². The van der Waals surface area contributed by atoms with Gasteiger partial charge in [-0.3, -0.25) is 0 Å². The second kappa shape index (κ2) is 8.45. The molecule has 0 aromatic heterocycles. The molecule has 4 atom stereocenters. The van der Waals surface area contributed by atoms with Crippen LogP contribution in [0, 0.1) is 0 Å². The molecular formula is C30H29O2P. The number of hydrogen-bond donors (Lipinski definition) is 1. The molecule has 1 unspecified atom stereocenters. The number of aliphatic hydroxyl groups is 1. The summed E-state index contributed by atoms with van der Waals surface area (Å²) in [5.74, 6) is 0. The molecule has 1 aliphatic rings. The van der Waals surface area contributed by atoms with Crippen molar-refractivity contribution in [2.75, 3.05) is 0 Å². The Kier molecular flexibility index (Phi) is 5.60. The Morgan fingerprint density at radius 1 is 0.667 bits per heavy atom. The van der Waals surface area contributed by atoms with Gasteiger partial charge in [-0.1, -0.05) is 121 Å². The highest BCUT2D eigenvalue weighted by atomic mass is 31.2. The van der Waals surface area contributed by atoms with Gasteiger partial charge in [0.1, 0.15) is 7.14 Å². The molecule has 0 spiro atoms. The molecule has 4 aromatic rings. The molecule has 0 radical (unpaired) electrons. The van der Waals surface area contributed by atoms with Crippen molar-refractivity contribution in [2.24, 2.45) is 0 Å². The Labute approximate surface area is 196 Å². The standard InChI is InChI=1S/C30H29O2P/c1-29(25-16-8-3-9-17-25)22-23-30(26-18-10-4-11-19-26,28(31)24-14-6-2-7-15-24)33(29,32)27-20-12-5-13-21-27/h2-21,28,31H,22-23H2,1H3/t28?,29-,30+,33-/m1/s1. The molecule has 3 heteroatoms. The first-order chi connectivity index (χ1) is 16.0. The first-order valence-corrected chi connectivity index (χ1v) is 13.2. The lowest BCUT2D eigenvalue weighted by molar-refractivity contribution is 0.121. The third-order valence-corrected chi connectivity index (χ3v) is 12.4. The van der Waals surface area contributed by atoms with Crippen molar-refractivity contribution in [3.8, 4) is 0 Å². The Bertz CT molecular complexity index is 1260. The molecule has 1 heterocycles. The Morgan fingerprint density at radius 3 is 1.67 bits per heavy atom. The first kappa shape index (κ1) is 21.9. The van der Waals surface area contributed by atoms with Gasteiger partial charge in [-0.15, -0.1) is 0 Å². The predicted molar refractivity (Wildman–Crippen MR) is 136 cm³/mol. The van der Waals surface area contributed by atoms with Crippen molar-refractivity contribution in [1.82, 2.24) is 0 Å². The van der Waals surface area contributed by atoms with E-state index in [1.807, 2.05) is 109 Å². The summed E-state index contributed by atoms with van der Waals surface area (Å²) in [6.07, 6.45) is 0.449. The number of benzene rings is 4. The summed E-state index contributed by atoms with van der Waals surface area (Å²) in [5, 5.41) is 11.4. The van der Waals surface area contributed by atoms with Gasteiger partial charge < -0.3 is 9.67 Å². The Balaban J connectivity index is 1.86. The SMILES string of the molecule is C[C@]1(c2ccccc2)CC[C@](c2ccccc2)(C(O)c2ccccc2)[P@@]1(=O)c1ccccc1. The van der Waals surface area contributed by atoms with Gasteiger partial charge in [-0.25, -0.2) is 0 Å². The summed E-state index contributed by atoms with van der Waals surface area (Å²) >= 11 is 0. The molecule has 1 N–H and O–H groups in total. The molecule has 0 saturated carbocycles. The second-order valence-corrected chi connectivity index (χ2v) is 12.7. The van der Waals surface area contributed by atoms with E-state index in [9.17, 15) is 5.11 Å². The molecule has 0 aliphatic carbocycles. The van der Waals surface area contributed by atoms with E-state index >= 15 is 4.57 Å². The maximum atomic E-state index is 16.0. The highest BCUT2D eigenvalue weighted by molar-refractivity contribution is 7.74. The fourth-order valence-electron chi connectivity index (χ4n) is 5.90. The van der Waals surface area contributed by atoms with Crippen LogP contribution >= 0.6 is 7.14 Å². The lowest BCUT2D eigenvalue weighted by Crippen LogP contribution is -2.38. The normalized spacial score (nSPS) is 27.8. The highest BCUT2D eigenvalue weighted by Crippen LogP contribution is 2.83. The van der Waals surface area contributed by atoms with Crippen LogP contribution < -0.4 is 5.30 Å². The van der Waals surface area contributed by atoms with Crippen LogP contribution in [0.3, 0.4) is 0 Å². The predicted octanol–water partition coefficient (Wildman–Crippen LogP) is 7.01. The molecule has 1 aliphatic heterocycles. The van der Waals surface area contributed by atoms with Crippen LogP contribution in [-0.2, 0) is 14.9 Å². The maximum absolute atomic E-state index is 16.0. The maximum Gasteiger partial charge on any atom is 0.138 e. The van der Waals surface area contributed by atoms with Crippen LogP contribution in [0.25, 0.3) is 0 Å². The van der Waals surface area contributed by atoms with E-state index in [2.05, 4.69) is 19.1 Å². The van der Waals surface area contributed by atoms with E-state index < -0.39 is 23.6 Å². The average Bonchev–Trinajstić information content (AvgIpc) is 3.15. The zero-order chi connectivity index (χ0) is 22.9. The van der Waals surface area contributed by atoms with Crippen molar-refractivity contribution >= 4 is 12.4 Å². The number of rotatable bonds is 5. The lowest BCUT2D eigenvalue weighted by atomic mass is 9.82. The van der Waals surface area contributed by atoms with Crippen LogP contribution in [0.2, 0.25) is 0 Å². The van der Waals surface area contributed by atoms with Crippen LogP contribution in [0.5, 0.6) is 0 Å². The van der Waals surface area contributed by atoms with Gasteiger partial charge in [0.15, 0.2) is 0 Å². The topological polar surface area (TPSA) is 37.3 Å². The monoisotopic (exact) mass is 452 g/mol. The summed E-state index contributed by atoms with van der Waals surface area (Å²) < 4.78 is 16.0. The van der Waals surface area contributed by atoms with Crippen LogP contribution in [0.15, 0.2) is 121 Å². The summed E-state index contributed by atoms with van der Waals surface area (Å²) in [7, 11) is -3.30. The van der Waals surface area contributed by atoms with E-state index in [0.717, 1.165) is 28.4 Å². The quantitative estimate of drug-likeness (QED) is 0.331. The highest BCUT2D eigenvalue weighted by Gasteiger charge is 2.67. The number of aliphatic hydroxyl groups excluding tert-OH is 1. The summed E-state index contributed by atoms with van der Waals surface area (Å²) in [6.45, 7) is 2.14. The lowest BCUT2D eigenvalue weighted by Gasteiger charge is -2.45. The van der Waals surface area contributed by atoms with E-state index in [1.54, 1.807) is 0 Å². The smallest absolute Gasteiger partial charge is 0.138 e. The fraction of sp³-hybridized carbons (Fsp3) is 0.200. The zero-order valence-electron chi connectivity index (χ0n) is 18.8. The van der Waals surface area contributed by atoms with Crippen LogP contribution in [0.1, 0.15) is 42.6 Å².